The van der Waals surface area contributed by atoms with Gasteiger partial charge in [-0.3, -0.25) is 4.98 Å². The van der Waals surface area contributed by atoms with Gasteiger partial charge in [0.1, 0.15) is 0 Å². The minimum absolute atomic E-state index is 0.397. The van der Waals surface area contributed by atoms with E-state index in [0.29, 0.717) is 11.5 Å². The molecule has 1 unspecified atom stereocenters. The lowest BCUT2D eigenvalue weighted by atomic mass is 9.99. The van der Waals surface area contributed by atoms with Crippen molar-refractivity contribution in [1.82, 2.24) is 10.3 Å². The molecule has 5 nitrogen and oxygen atoms in total. The molecule has 1 aromatic carbocycles. The van der Waals surface area contributed by atoms with E-state index in [1.165, 1.54) is 12.8 Å². The highest BCUT2D eigenvalue weighted by Gasteiger charge is 2.15. The lowest BCUT2D eigenvalue weighted by molar-refractivity contribution is 0.381. The van der Waals surface area contributed by atoms with E-state index in [2.05, 4.69) is 22.2 Å². The molecular formula is C14H19N3O2. The number of oxazole rings is 1. The van der Waals surface area contributed by atoms with Gasteiger partial charge in [-0.05, 0) is 44.0 Å². The molecule has 2 N–H and O–H groups in total. The highest BCUT2D eigenvalue weighted by atomic mass is 16.4. The number of fused-ring (bicyclic) bond motifs is 1. The van der Waals surface area contributed by atoms with Crippen molar-refractivity contribution in [2.24, 2.45) is 5.92 Å². The molecule has 2 heterocycles. The summed E-state index contributed by atoms with van der Waals surface area (Å²) in [5.74, 6) is 0.291. The number of hydrogen-bond donors (Lipinski definition) is 2. The fourth-order valence-electron chi connectivity index (χ4n) is 2.74. The summed E-state index contributed by atoms with van der Waals surface area (Å²) in [6.45, 7) is 3.25. The molecule has 0 aliphatic carbocycles. The summed E-state index contributed by atoms with van der Waals surface area (Å²) in [5, 5.41) is 3.43. The van der Waals surface area contributed by atoms with Crippen LogP contribution in [-0.4, -0.2) is 31.7 Å². The van der Waals surface area contributed by atoms with Crippen molar-refractivity contribution in [1.29, 1.82) is 0 Å². The average Bonchev–Trinajstić information content (AvgIpc) is 2.78. The van der Waals surface area contributed by atoms with Crippen LogP contribution >= 0.6 is 0 Å². The standard InChI is InChI=1S/C14H19N3O2/c1-17(9-10-3-2-6-15-8-10)11-4-5-12-13(7-11)19-14(18)16-12/h4-5,7,10,15H,2-3,6,8-9H2,1H3,(H,16,18). The van der Waals surface area contributed by atoms with Gasteiger partial charge in [0.15, 0.2) is 5.58 Å². The van der Waals surface area contributed by atoms with Crippen LogP contribution in [0.15, 0.2) is 27.4 Å². The van der Waals surface area contributed by atoms with E-state index in [9.17, 15) is 4.79 Å². The average molecular weight is 261 g/mol. The van der Waals surface area contributed by atoms with Gasteiger partial charge in [-0.15, -0.1) is 0 Å². The van der Waals surface area contributed by atoms with E-state index in [1.807, 2.05) is 18.2 Å². The second-order valence-electron chi connectivity index (χ2n) is 5.29. The molecule has 0 bridgehead atoms. The Morgan fingerprint density at radius 1 is 1.47 bits per heavy atom. The zero-order valence-electron chi connectivity index (χ0n) is 11.1. The van der Waals surface area contributed by atoms with Crippen molar-refractivity contribution < 1.29 is 4.42 Å². The quantitative estimate of drug-likeness (QED) is 0.880. The van der Waals surface area contributed by atoms with Gasteiger partial charge in [0.05, 0.1) is 5.52 Å². The third kappa shape index (κ3) is 2.66. The molecule has 102 valence electrons. The van der Waals surface area contributed by atoms with Gasteiger partial charge in [0, 0.05) is 25.3 Å². The Morgan fingerprint density at radius 3 is 3.16 bits per heavy atom. The highest BCUT2D eigenvalue weighted by molar-refractivity contribution is 5.76. The fourth-order valence-corrected chi connectivity index (χ4v) is 2.74. The van der Waals surface area contributed by atoms with Crippen LogP contribution in [0.25, 0.3) is 11.1 Å². The lowest BCUT2D eigenvalue weighted by Crippen LogP contribution is -2.36. The molecule has 19 heavy (non-hydrogen) atoms. The number of anilines is 1. The maximum absolute atomic E-state index is 11.1. The molecule has 5 heteroatoms. The molecule has 0 radical (unpaired) electrons. The van der Waals surface area contributed by atoms with Gasteiger partial charge in [0.2, 0.25) is 0 Å². The van der Waals surface area contributed by atoms with Crippen LogP contribution in [0.3, 0.4) is 0 Å². The Labute approximate surface area is 111 Å². The van der Waals surface area contributed by atoms with E-state index in [1.54, 1.807) is 0 Å². The Kier molecular flexibility index (Phi) is 3.29. The van der Waals surface area contributed by atoms with Crippen LogP contribution in [-0.2, 0) is 0 Å². The first kappa shape index (κ1) is 12.3. The van der Waals surface area contributed by atoms with E-state index < -0.39 is 5.76 Å². The van der Waals surface area contributed by atoms with Crippen LogP contribution in [0.5, 0.6) is 0 Å². The second-order valence-corrected chi connectivity index (χ2v) is 5.29. The number of hydrogen-bond acceptors (Lipinski definition) is 4. The smallest absolute Gasteiger partial charge is 0.408 e. The van der Waals surface area contributed by atoms with Crippen molar-refractivity contribution in [3.8, 4) is 0 Å². The topological polar surface area (TPSA) is 61.3 Å². The summed E-state index contributed by atoms with van der Waals surface area (Å²) in [6, 6.07) is 5.83. The minimum Gasteiger partial charge on any atom is -0.408 e. The molecule has 1 atom stereocenters. The number of aromatic amines is 1. The molecular weight excluding hydrogens is 242 g/mol. The minimum atomic E-state index is -0.397. The molecule has 1 aromatic heterocycles. The molecule has 1 saturated heterocycles. The van der Waals surface area contributed by atoms with Crippen molar-refractivity contribution in [2.45, 2.75) is 12.8 Å². The Bertz CT molecular complexity index is 610. The van der Waals surface area contributed by atoms with Gasteiger partial charge in [-0.1, -0.05) is 0 Å². The largest absolute Gasteiger partial charge is 0.417 e. The van der Waals surface area contributed by atoms with Gasteiger partial charge in [-0.2, -0.15) is 0 Å². The summed E-state index contributed by atoms with van der Waals surface area (Å²) in [6.07, 6.45) is 2.53. The number of benzene rings is 1. The molecule has 0 amide bonds. The van der Waals surface area contributed by atoms with Gasteiger partial charge < -0.3 is 14.6 Å². The molecule has 1 aliphatic heterocycles. The number of rotatable bonds is 3. The summed E-state index contributed by atoms with van der Waals surface area (Å²) in [7, 11) is 2.08. The first-order valence-corrected chi connectivity index (χ1v) is 6.77. The number of piperidine rings is 1. The first-order valence-electron chi connectivity index (χ1n) is 6.77. The van der Waals surface area contributed by atoms with Crippen LogP contribution in [0.1, 0.15) is 12.8 Å². The highest BCUT2D eigenvalue weighted by Crippen LogP contribution is 2.21. The van der Waals surface area contributed by atoms with Crippen LogP contribution < -0.4 is 16.0 Å². The fraction of sp³-hybridized carbons (Fsp3) is 0.500. The Hall–Kier alpha value is -1.75. The molecule has 2 aromatic rings. The Morgan fingerprint density at radius 2 is 2.37 bits per heavy atom. The monoisotopic (exact) mass is 261 g/mol. The molecule has 1 aliphatic rings. The van der Waals surface area contributed by atoms with Crippen LogP contribution in [0.2, 0.25) is 0 Å². The molecule has 0 saturated carbocycles. The maximum atomic E-state index is 11.1. The first-order chi connectivity index (χ1) is 9.22. The molecule has 0 spiro atoms. The van der Waals surface area contributed by atoms with Crippen molar-refractivity contribution >= 4 is 16.8 Å². The third-order valence-electron chi connectivity index (χ3n) is 3.78. The summed E-state index contributed by atoms with van der Waals surface area (Å²) in [5.41, 5.74) is 2.46. The zero-order valence-corrected chi connectivity index (χ0v) is 11.1. The van der Waals surface area contributed by atoms with E-state index >= 15 is 0 Å². The predicted molar refractivity (Wildman–Crippen MR) is 75.7 cm³/mol. The maximum Gasteiger partial charge on any atom is 0.417 e. The summed E-state index contributed by atoms with van der Waals surface area (Å²) >= 11 is 0. The van der Waals surface area contributed by atoms with Crippen molar-refractivity contribution in [3.63, 3.8) is 0 Å². The normalized spacial score (nSPS) is 19.7. The predicted octanol–water partition coefficient (Wildman–Crippen LogP) is 1.56. The number of aromatic nitrogens is 1. The Balaban J connectivity index is 1.76. The second kappa shape index (κ2) is 5.09. The zero-order chi connectivity index (χ0) is 13.2. The van der Waals surface area contributed by atoms with Gasteiger partial charge in [0.25, 0.3) is 0 Å². The number of nitrogens with zero attached hydrogens (tertiary/aromatic N) is 1. The van der Waals surface area contributed by atoms with E-state index in [-0.39, 0.29) is 0 Å². The van der Waals surface area contributed by atoms with Crippen LogP contribution in [0.4, 0.5) is 5.69 Å². The molecule has 1 fully saturated rings. The third-order valence-corrected chi connectivity index (χ3v) is 3.78. The summed E-state index contributed by atoms with van der Waals surface area (Å²) in [4.78, 5) is 16.0. The lowest BCUT2D eigenvalue weighted by Gasteiger charge is -2.28. The van der Waals surface area contributed by atoms with E-state index in [4.69, 9.17) is 4.42 Å². The van der Waals surface area contributed by atoms with Crippen molar-refractivity contribution in [3.05, 3.63) is 28.7 Å². The number of nitrogens with one attached hydrogen (secondary N) is 2. The molecule has 3 rings (SSSR count). The van der Waals surface area contributed by atoms with Gasteiger partial charge in [-0.25, -0.2) is 4.79 Å². The van der Waals surface area contributed by atoms with Gasteiger partial charge >= 0.3 is 5.76 Å². The van der Waals surface area contributed by atoms with E-state index in [0.717, 1.165) is 30.8 Å². The van der Waals surface area contributed by atoms with Crippen LogP contribution in [0, 0.1) is 5.92 Å². The number of H-pyrrole nitrogens is 1. The SMILES string of the molecule is CN(CC1CCCNC1)c1ccc2[nH]c(=O)oc2c1. The summed E-state index contributed by atoms with van der Waals surface area (Å²) < 4.78 is 5.10. The van der Waals surface area contributed by atoms with Crippen molar-refractivity contribution in [2.75, 3.05) is 31.6 Å².